The Hall–Kier alpha value is -3.24. The van der Waals surface area contributed by atoms with Crippen LogP contribution in [0.4, 0.5) is 17.1 Å². The maximum absolute atomic E-state index is 12.9. The van der Waals surface area contributed by atoms with Crippen LogP contribution < -0.4 is 9.80 Å². The molecule has 10 heteroatoms. The van der Waals surface area contributed by atoms with Crippen LogP contribution >= 0.6 is 24.0 Å². The van der Waals surface area contributed by atoms with E-state index < -0.39 is 16.8 Å². The lowest BCUT2D eigenvalue weighted by Crippen LogP contribution is -2.27. The molecule has 29 heavy (non-hydrogen) atoms. The third-order valence-corrected chi connectivity index (χ3v) is 5.42. The van der Waals surface area contributed by atoms with Crippen LogP contribution in [-0.4, -0.2) is 40.3 Å². The van der Waals surface area contributed by atoms with Gasteiger partial charge in [0.1, 0.15) is 5.69 Å². The summed E-state index contributed by atoms with van der Waals surface area (Å²) in [5, 5.41) is 20.5. The van der Waals surface area contributed by atoms with Crippen LogP contribution in [0.2, 0.25) is 0 Å². The maximum Gasteiger partial charge on any atom is 0.335 e. The number of thiocarbonyl (C=S) groups is 1. The number of aromatic carboxylic acids is 1. The summed E-state index contributed by atoms with van der Waals surface area (Å²) < 4.78 is 0.253. The van der Waals surface area contributed by atoms with Crippen molar-refractivity contribution >= 4 is 63.3 Å². The van der Waals surface area contributed by atoms with Crippen molar-refractivity contribution in [3.63, 3.8) is 0 Å². The van der Waals surface area contributed by atoms with Gasteiger partial charge in [-0.1, -0.05) is 36.1 Å². The van der Waals surface area contributed by atoms with Gasteiger partial charge in [0.15, 0.2) is 4.32 Å². The number of rotatable bonds is 5. The molecule has 0 atom stereocenters. The van der Waals surface area contributed by atoms with Gasteiger partial charge in [-0.15, -0.1) is 0 Å². The number of hydrogen-bond donors (Lipinski definition) is 1. The highest BCUT2D eigenvalue weighted by atomic mass is 32.2. The molecule has 0 radical (unpaired) electrons. The zero-order valence-corrected chi connectivity index (χ0v) is 17.0. The molecule has 148 valence electrons. The lowest BCUT2D eigenvalue weighted by atomic mass is 10.1. The van der Waals surface area contributed by atoms with Crippen molar-refractivity contribution in [2.24, 2.45) is 0 Å². The Balaban J connectivity index is 1.96. The van der Waals surface area contributed by atoms with E-state index >= 15 is 0 Å². The molecule has 0 unspecified atom stereocenters. The summed E-state index contributed by atoms with van der Waals surface area (Å²) in [5.41, 5.74) is 1.25. The Bertz CT molecular complexity index is 1080. The van der Waals surface area contributed by atoms with Crippen molar-refractivity contribution in [1.82, 2.24) is 0 Å². The van der Waals surface area contributed by atoms with E-state index in [1.807, 2.05) is 0 Å². The van der Waals surface area contributed by atoms with Crippen molar-refractivity contribution in [1.29, 1.82) is 0 Å². The van der Waals surface area contributed by atoms with Crippen LogP contribution in [0.5, 0.6) is 0 Å². The Labute approximate surface area is 175 Å². The smallest absolute Gasteiger partial charge is 0.335 e. The molecule has 2 aromatic rings. The highest BCUT2D eigenvalue weighted by Crippen LogP contribution is 2.37. The number of nitro groups is 1. The van der Waals surface area contributed by atoms with Gasteiger partial charge in [0.05, 0.1) is 21.1 Å². The molecule has 2 aromatic carbocycles. The number of anilines is 2. The van der Waals surface area contributed by atoms with Gasteiger partial charge < -0.3 is 10.0 Å². The number of nitro benzene ring substituents is 1. The average Bonchev–Trinajstić information content (AvgIpc) is 2.94. The maximum atomic E-state index is 12.9. The van der Waals surface area contributed by atoms with E-state index in [9.17, 15) is 19.7 Å². The van der Waals surface area contributed by atoms with E-state index in [-0.39, 0.29) is 15.6 Å². The fourth-order valence-electron chi connectivity index (χ4n) is 2.77. The Kier molecular flexibility index (Phi) is 5.66. The molecule has 1 saturated heterocycles. The molecule has 0 aromatic heterocycles. The number of thioether (sulfide) groups is 1. The summed E-state index contributed by atoms with van der Waals surface area (Å²) in [6.45, 7) is 0. The standard InChI is InChI=1S/C19H15N3O5S2/c1-20(2)14-7-6-11(8-15(14)22(26)27)9-16-17(23)21(19(28)29-16)13-5-3-4-12(10-13)18(24)25/h3-10H,1-2H3,(H,24,25)/b16-9+. The highest BCUT2D eigenvalue weighted by molar-refractivity contribution is 8.27. The zero-order valence-electron chi connectivity index (χ0n) is 15.4. The predicted octanol–water partition coefficient (Wildman–Crippen LogP) is 3.76. The van der Waals surface area contributed by atoms with Crippen molar-refractivity contribution in [2.75, 3.05) is 23.9 Å². The van der Waals surface area contributed by atoms with Crippen molar-refractivity contribution in [3.05, 3.63) is 68.6 Å². The first kappa shape index (κ1) is 20.5. The summed E-state index contributed by atoms with van der Waals surface area (Å²) in [6, 6.07) is 10.6. The molecular formula is C19H15N3O5S2. The molecule has 1 heterocycles. The first-order valence-electron chi connectivity index (χ1n) is 8.26. The molecule has 0 saturated carbocycles. The summed E-state index contributed by atoms with van der Waals surface area (Å²) in [7, 11) is 3.41. The second-order valence-corrected chi connectivity index (χ2v) is 7.95. The number of carbonyl (C=O) groups is 2. The van der Waals surface area contributed by atoms with Gasteiger partial charge in [0.2, 0.25) is 0 Å². The average molecular weight is 429 g/mol. The van der Waals surface area contributed by atoms with Crippen LogP contribution in [0, 0.1) is 10.1 Å². The number of hydrogen-bond acceptors (Lipinski definition) is 7. The molecule has 1 fully saturated rings. The van der Waals surface area contributed by atoms with Gasteiger partial charge in [0.25, 0.3) is 11.6 Å². The van der Waals surface area contributed by atoms with Gasteiger partial charge in [-0.3, -0.25) is 19.8 Å². The Morgan fingerprint density at radius 1 is 1.28 bits per heavy atom. The number of carboxylic acids is 1. The molecule has 0 spiro atoms. The lowest BCUT2D eigenvalue weighted by Gasteiger charge is -2.15. The number of amides is 1. The Morgan fingerprint density at radius 3 is 2.62 bits per heavy atom. The first-order valence-corrected chi connectivity index (χ1v) is 9.48. The second-order valence-electron chi connectivity index (χ2n) is 6.27. The topological polar surface area (TPSA) is 104 Å². The molecule has 0 bridgehead atoms. The van der Waals surface area contributed by atoms with E-state index in [1.54, 1.807) is 37.2 Å². The normalized spacial score (nSPS) is 15.1. The molecule has 0 aliphatic carbocycles. The minimum absolute atomic E-state index is 0.0374. The molecule has 1 aliphatic rings. The van der Waals surface area contributed by atoms with E-state index in [4.69, 9.17) is 17.3 Å². The Morgan fingerprint density at radius 2 is 2.00 bits per heavy atom. The molecule has 1 aliphatic heterocycles. The quantitative estimate of drug-likeness (QED) is 0.332. The first-order chi connectivity index (χ1) is 13.7. The van der Waals surface area contributed by atoms with Gasteiger partial charge in [0, 0.05) is 20.2 Å². The minimum Gasteiger partial charge on any atom is -0.478 e. The molecular weight excluding hydrogens is 414 g/mol. The lowest BCUT2D eigenvalue weighted by molar-refractivity contribution is -0.384. The van der Waals surface area contributed by atoms with Crippen molar-refractivity contribution in [2.45, 2.75) is 0 Å². The monoisotopic (exact) mass is 429 g/mol. The van der Waals surface area contributed by atoms with E-state index in [2.05, 4.69) is 0 Å². The summed E-state index contributed by atoms with van der Waals surface area (Å²) in [6.07, 6.45) is 1.53. The summed E-state index contributed by atoms with van der Waals surface area (Å²) in [4.78, 5) is 38.1. The van der Waals surface area contributed by atoms with Crippen LogP contribution in [0.25, 0.3) is 6.08 Å². The van der Waals surface area contributed by atoms with Crippen molar-refractivity contribution in [3.8, 4) is 0 Å². The van der Waals surface area contributed by atoms with Crippen LogP contribution in [0.1, 0.15) is 15.9 Å². The van der Waals surface area contributed by atoms with Gasteiger partial charge in [-0.25, -0.2) is 4.79 Å². The van der Waals surface area contributed by atoms with E-state index in [1.165, 1.54) is 35.2 Å². The number of benzene rings is 2. The number of nitrogens with zero attached hydrogens (tertiary/aromatic N) is 3. The zero-order chi connectivity index (χ0) is 21.3. The third kappa shape index (κ3) is 4.13. The third-order valence-electron chi connectivity index (χ3n) is 4.12. The molecule has 8 nitrogen and oxygen atoms in total. The second kappa shape index (κ2) is 8.02. The summed E-state index contributed by atoms with van der Waals surface area (Å²) in [5.74, 6) is -1.52. The fourth-order valence-corrected chi connectivity index (χ4v) is 4.07. The van der Waals surface area contributed by atoms with Gasteiger partial charge in [-0.2, -0.15) is 0 Å². The van der Waals surface area contributed by atoms with Crippen LogP contribution in [0.15, 0.2) is 47.4 Å². The number of carbonyl (C=O) groups excluding carboxylic acids is 1. The van der Waals surface area contributed by atoms with Gasteiger partial charge in [-0.05, 0) is 35.9 Å². The van der Waals surface area contributed by atoms with Crippen molar-refractivity contribution < 1.29 is 19.6 Å². The molecule has 3 rings (SSSR count). The SMILES string of the molecule is CN(C)c1ccc(/C=C2/SC(=S)N(c3cccc(C(=O)O)c3)C2=O)cc1[N+](=O)[O-]. The van der Waals surface area contributed by atoms with E-state index in [0.717, 1.165) is 11.8 Å². The van der Waals surface area contributed by atoms with E-state index in [0.29, 0.717) is 21.8 Å². The predicted molar refractivity (Wildman–Crippen MR) is 116 cm³/mol. The molecule has 1 amide bonds. The minimum atomic E-state index is -1.11. The largest absolute Gasteiger partial charge is 0.478 e. The van der Waals surface area contributed by atoms with Crippen LogP contribution in [-0.2, 0) is 4.79 Å². The molecule has 1 N–H and O–H groups in total. The van der Waals surface area contributed by atoms with Crippen LogP contribution in [0.3, 0.4) is 0 Å². The number of carboxylic acid groups (broad SMARTS) is 1. The van der Waals surface area contributed by atoms with Gasteiger partial charge >= 0.3 is 5.97 Å². The fraction of sp³-hybridized carbons (Fsp3) is 0.105. The highest BCUT2D eigenvalue weighted by Gasteiger charge is 2.33. The summed E-state index contributed by atoms with van der Waals surface area (Å²) >= 11 is 6.34.